The summed E-state index contributed by atoms with van der Waals surface area (Å²) in [5, 5.41) is 3.20. The van der Waals surface area contributed by atoms with Crippen LogP contribution in [0.5, 0.6) is 0 Å². The maximum atomic E-state index is 12.2. The van der Waals surface area contributed by atoms with Crippen LogP contribution in [-0.2, 0) is 0 Å². The number of nitrogen functional groups attached to an aromatic ring is 1. The van der Waals surface area contributed by atoms with Crippen molar-refractivity contribution in [2.45, 2.75) is 6.92 Å². The van der Waals surface area contributed by atoms with E-state index in [9.17, 15) is 4.79 Å². The SMILES string of the molecule is Cc1cccc(C(=O)Nc2ccc(N)c(Cl)c2)c1Br. The summed E-state index contributed by atoms with van der Waals surface area (Å²) in [6, 6.07) is 10.5. The van der Waals surface area contributed by atoms with Gasteiger partial charge < -0.3 is 11.1 Å². The van der Waals surface area contributed by atoms with E-state index in [-0.39, 0.29) is 5.91 Å². The van der Waals surface area contributed by atoms with E-state index in [0.29, 0.717) is 22.0 Å². The lowest BCUT2D eigenvalue weighted by atomic mass is 10.1. The molecule has 5 heteroatoms. The van der Waals surface area contributed by atoms with Gasteiger partial charge in [0, 0.05) is 10.2 Å². The Labute approximate surface area is 124 Å². The van der Waals surface area contributed by atoms with Gasteiger partial charge >= 0.3 is 0 Å². The highest BCUT2D eigenvalue weighted by atomic mass is 79.9. The molecule has 0 saturated carbocycles. The average molecular weight is 340 g/mol. The Morgan fingerprint density at radius 2 is 2.05 bits per heavy atom. The molecule has 3 nitrogen and oxygen atoms in total. The van der Waals surface area contributed by atoms with Gasteiger partial charge in [-0.25, -0.2) is 0 Å². The van der Waals surface area contributed by atoms with Crippen LogP contribution in [0.4, 0.5) is 11.4 Å². The largest absolute Gasteiger partial charge is 0.398 e. The molecule has 0 aliphatic rings. The summed E-state index contributed by atoms with van der Waals surface area (Å²) in [5.74, 6) is -0.198. The second kappa shape index (κ2) is 5.63. The molecule has 0 atom stereocenters. The Kier molecular flexibility index (Phi) is 4.12. The molecule has 98 valence electrons. The van der Waals surface area contributed by atoms with Gasteiger partial charge in [0.2, 0.25) is 0 Å². The van der Waals surface area contributed by atoms with Gasteiger partial charge in [-0.05, 0) is 52.7 Å². The van der Waals surface area contributed by atoms with Gasteiger partial charge in [-0.15, -0.1) is 0 Å². The van der Waals surface area contributed by atoms with Crippen LogP contribution in [-0.4, -0.2) is 5.91 Å². The van der Waals surface area contributed by atoms with Crippen LogP contribution in [0, 0.1) is 6.92 Å². The van der Waals surface area contributed by atoms with Crippen molar-refractivity contribution in [2.24, 2.45) is 0 Å². The Morgan fingerprint density at radius 3 is 2.74 bits per heavy atom. The molecule has 2 rings (SSSR count). The highest BCUT2D eigenvalue weighted by Gasteiger charge is 2.11. The van der Waals surface area contributed by atoms with Crippen LogP contribution in [0.15, 0.2) is 40.9 Å². The molecule has 2 aromatic carbocycles. The lowest BCUT2D eigenvalue weighted by Gasteiger charge is -2.09. The first kappa shape index (κ1) is 13.9. The van der Waals surface area contributed by atoms with E-state index >= 15 is 0 Å². The van der Waals surface area contributed by atoms with Crippen molar-refractivity contribution in [1.29, 1.82) is 0 Å². The monoisotopic (exact) mass is 338 g/mol. The van der Waals surface area contributed by atoms with Gasteiger partial charge in [0.25, 0.3) is 5.91 Å². The van der Waals surface area contributed by atoms with Gasteiger partial charge in [0.15, 0.2) is 0 Å². The predicted molar refractivity (Wildman–Crippen MR) is 82.7 cm³/mol. The smallest absolute Gasteiger partial charge is 0.256 e. The third-order valence-electron chi connectivity index (χ3n) is 2.69. The molecule has 0 saturated heterocycles. The first-order valence-corrected chi connectivity index (χ1v) is 6.77. The van der Waals surface area contributed by atoms with Crippen LogP contribution in [0.25, 0.3) is 0 Å². The zero-order chi connectivity index (χ0) is 14.0. The zero-order valence-electron chi connectivity index (χ0n) is 10.2. The fraction of sp³-hybridized carbons (Fsp3) is 0.0714. The number of amides is 1. The van der Waals surface area contributed by atoms with E-state index in [1.54, 1.807) is 24.3 Å². The number of nitrogens with one attached hydrogen (secondary N) is 1. The summed E-state index contributed by atoms with van der Waals surface area (Å²) < 4.78 is 0.786. The Balaban J connectivity index is 2.26. The second-order valence-electron chi connectivity index (χ2n) is 4.13. The fourth-order valence-electron chi connectivity index (χ4n) is 1.63. The summed E-state index contributed by atoms with van der Waals surface area (Å²) in [5.41, 5.74) is 8.29. The zero-order valence-corrected chi connectivity index (χ0v) is 12.5. The van der Waals surface area contributed by atoms with Gasteiger partial charge in [0.1, 0.15) is 0 Å². The molecule has 2 aromatic rings. The van der Waals surface area contributed by atoms with Crippen molar-refractivity contribution < 1.29 is 4.79 Å². The van der Waals surface area contributed by atoms with Crippen LogP contribution in [0.3, 0.4) is 0 Å². The molecule has 0 spiro atoms. The molecular formula is C14H12BrClN2O. The fourth-order valence-corrected chi connectivity index (χ4v) is 2.25. The van der Waals surface area contributed by atoms with Gasteiger partial charge in [-0.2, -0.15) is 0 Å². The minimum atomic E-state index is -0.198. The third kappa shape index (κ3) is 3.08. The van der Waals surface area contributed by atoms with E-state index < -0.39 is 0 Å². The van der Waals surface area contributed by atoms with E-state index in [0.717, 1.165) is 10.0 Å². The van der Waals surface area contributed by atoms with Crippen LogP contribution in [0.1, 0.15) is 15.9 Å². The van der Waals surface area contributed by atoms with Crippen molar-refractivity contribution in [1.82, 2.24) is 0 Å². The van der Waals surface area contributed by atoms with Gasteiger partial charge in [-0.1, -0.05) is 23.7 Å². The molecule has 0 fully saturated rings. The number of hydrogen-bond donors (Lipinski definition) is 2. The number of rotatable bonds is 2. The molecule has 19 heavy (non-hydrogen) atoms. The first-order valence-electron chi connectivity index (χ1n) is 5.60. The Bertz CT molecular complexity index is 643. The number of benzene rings is 2. The molecule has 0 heterocycles. The number of halogens is 2. The minimum Gasteiger partial charge on any atom is -0.398 e. The predicted octanol–water partition coefficient (Wildman–Crippen LogP) is 4.25. The summed E-state index contributed by atoms with van der Waals surface area (Å²) in [4.78, 5) is 12.2. The summed E-state index contributed by atoms with van der Waals surface area (Å²) in [7, 11) is 0. The first-order chi connectivity index (χ1) is 8.99. The van der Waals surface area contributed by atoms with E-state index in [1.807, 2.05) is 19.1 Å². The second-order valence-corrected chi connectivity index (χ2v) is 5.33. The molecule has 0 aliphatic heterocycles. The van der Waals surface area contributed by atoms with E-state index in [2.05, 4.69) is 21.2 Å². The van der Waals surface area contributed by atoms with Crippen LogP contribution >= 0.6 is 27.5 Å². The summed E-state index contributed by atoms with van der Waals surface area (Å²) in [6.07, 6.45) is 0. The summed E-state index contributed by atoms with van der Waals surface area (Å²) >= 11 is 9.33. The standard InChI is InChI=1S/C14H12BrClN2O/c1-8-3-2-4-10(13(8)15)14(19)18-9-5-6-12(17)11(16)7-9/h2-7H,17H2,1H3,(H,18,19). The van der Waals surface area contributed by atoms with Gasteiger partial charge in [0.05, 0.1) is 16.3 Å². The molecule has 1 amide bonds. The topological polar surface area (TPSA) is 55.1 Å². The number of carbonyl (C=O) groups is 1. The third-order valence-corrected chi connectivity index (χ3v) is 4.07. The van der Waals surface area contributed by atoms with Crippen molar-refractivity contribution >= 4 is 44.8 Å². The van der Waals surface area contributed by atoms with Crippen molar-refractivity contribution in [3.8, 4) is 0 Å². The summed E-state index contributed by atoms with van der Waals surface area (Å²) in [6.45, 7) is 1.93. The highest BCUT2D eigenvalue weighted by Crippen LogP contribution is 2.25. The molecule has 0 radical (unpaired) electrons. The number of anilines is 2. The Hall–Kier alpha value is -1.52. The minimum absolute atomic E-state index is 0.198. The number of carbonyl (C=O) groups excluding carboxylic acids is 1. The molecule has 0 aliphatic carbocycles. The Morgan fingerprint density at radius 1 is 1.32 bits per heavy atom. The maximum Gasteiger partial charge on any atom is 0.256 e. The maximum absolute atomic E-state index is 12.2. The van der Waals surface area contributed by atoms with Crippen molar-refractivity contribution in [3.63, 3.8) is 0 Å². The molecule has 0 unspecified atom stereocenters. The molecule has 0 aromatic heterocycles. The molecule has 0 bridgehead atoms. The average Bonchev–Trinajstić information content (AvgIpc) is 2.37. The molecule has 3 N–H and O–H groups in total. The quantitative estimate of drug-likeness (QED) is 0.804. The number of hydrogen-bond acceptors (Lipinski definition) is 2. The lowest BCUT2D eigenvalue weighted by Crippen LogP contribution is -2.13. The van der Waals surface area contributed by atoms with Crippen LogP contribution < -0.4 is 11.1 Å². The van der Waals surface area contributed by atoms with E-state index in [4.69, 9.17) is 17.3 Å². The highest BCUT2D eigenvalue weighted by molar-refractivity contribution is 9.10. The molecular weight excluding hydrogens is 328 g/mol. The van der Waals surface area contributed by atoms with Crippen LogP contribution in [0.2, 0.25) is 5.02 Å². The van der Waals surface area contributed by atoms with Crippen molar-refractivity contribution in [2.75, 3.05) is 11.1 Å². The van der Waals surface area contributed by atoms with Gasteiger partial charge in [-0.3, -0.25) is 4.79 Å². The lowest BCUT2D eigenvalue weighted by molar-refractivity contribution is 0.102. The van der Waals surface area contributed by atoms with E-state index in [1.165, 1.54) is 0 Å². The van der Waals surface area contributed by atoms with Crippen molar-refractivity contribution in [3.05, 3.63) is 57.0 Å². The number of aryl methyl sites for hydroxylation is 1. The number of nitrogens with two attached hydrogens (primary N) is 1. The normalized spacial score (nSPS) is 10.3.